The topological polar surface area (TPSA) is 60.9 Å². The molecule has 0 aliphatic rings. The van der Waals surface area contributed by atoms with Crippen molar-refractivity contribution in [2.24, 2.45) is 5.73 Å². The van der Waals surface area contributed by atoms with Crippen molar-refractivity contribution in [2.45, 2.75) is 13.0 Å². The molecular weight excluding hydrogens is 318 g/mol. The van der Waals surface area contributed by atoms with Gasteiger partial charge in [0.15, 0.2) is 0 Å². The second kappa shape index (κ2) is 5.54. The van der Waals surface area contributed by atoms with Gasteiger partial charge in [-0.1, -0.05) is 17.7 Å². The van der Waals surface area contributed by atoms with Crippen LogP contribution in [0.5, 0.6) is 0 Å². The average molecular weight is 329 g/mol. The lowest BCUT2D eigenvalue weighted by Crippen LogP contribution is -2.19. The third-order valence-electron chi connectivity index (χ3n) is 2.47. The Morgan fingerprint density at radius 2 is 2.28 bits per heavy atom. The first-order valence-electron chi connectivity index (χ1n) is 5.28. The summed E-state index contributed by atoms with van der Waals surface area (Å²) >= 11 is 9.31. The van der Waals surface area contributed by atoms with E-state index in [-0.39, 0.29) is 12.5 Å². The van der Waals surface area contributed by atoms with Gasteiger partial charge in [0.2, 0.25) is 5.91 Å². The van der Waals surface area contributed by atoms with E-state index in [0.29, 0.717) is 11.4 Å². The summed E-state index contributed by atoms with van der Waals surface area (Å²) in [6.45, 7) is 0.143. The molecule has 0 spiro atoms. The highest BCUT2D eigenvalue weighted by molar-refractivity contribution is 9.10. The molecule has 18 heavy (non-hydrogen) atoms. The molecule has 1 aromatic heterocycles. The number of imidazole rings is 1. The van der Waals surface area contributed by atoms with Gasteiger partial charge in [-0.2, -0.15) is 0 Å². The Morgan fingerprint density at radius 1 is 1.50 bits per heavy atom. The van der Waals surface area contributed by atoms with Crippen molar-refractivity contribution in [3.8, 4) is 0 Å². The molecule has 0 fully saturated rings. The number of halogens is 2. The Bertz CT molecular complexity index is 582. The second-order valence-corrected chi connectivity index (χ2v) is 5.12. The lowest BCUT2D eigenvalue weighted by atomic mass is 10.1. The maximum absolute atomic E-state index is 10.9. The molecule has 0 radical (unpaired) electrons. The van der Waals surface area contributed by atoms with Gasteiger partial charge in [-0.05, 0) is 33.6 Å². The highest BCUT2D eigenvalue weighted by Gasteiger charge is 2.07. The first-order valence-corrected chi connectivity index (χ1v) is 6.45. The Kier molecular flexibility index (Phi) is 4.04. The minimum atomic E-state index is -0.383. The molecule has 0 aliphatic carbocycles. The molecule has 1 aromatic carbocycles. The van der Waals surface area contributed by atoms with Gasteiger partial charge in [-0.3, -0.25) is 4.79 Å². The van der Waals surface area contributed by atoms with Gasteiger partial charge in [0.05, 0.1) is 5.02 Å². The van der Waals surface area contributed by atoms with Crippen molar-refractivity contribution in [1.82, 2.24) is 9.55 Å². The Morgan fingerprint density at radius 3 is 2.94 bits per heavy atom. The molecule has 2 rings (SSSR count). The minimum absolute atomic E-state index is 0.143. The number of nitrogens with zero attached hydrogens (tertiary/aromatic N) is 2. The van der Waals surface area contributed by atoms with E-state index in [1.54, 1.807) is 17.0 Å². The maximum Gasteiger partial charge on any atom is 0.237 e. The molecule has 0 saturated carbocycles. The molecule has 1 heterocycles. The number of rotatable bonds is 4. The van der Waals surface area contributed by atoms with Crippen LogP contribution in [0.25, 0.3) is 0 Å². The smallest absolute Gasteiger partial charge is 0.237 e. The minimum Gasteiger partial charge on any atom is -0.368 e. The SMILES string of the molecule is NC(=O)Cn1ccnc1Cc1ccc(Cl)c(Br)c1. The number of benzene rings is 1. The molecule has 4 nitrogen and oxygen atoms in total. The lowest BCUT2D eigenvalue weighted by Gasteiger charge is -2.06. The first-order chi connectivity index (χ1) is 8.56. The van der Waals surface area contributed by atoms with E-state index in [4.69, 9.17) is 17.3 Å². The van der Waals surface area contributed by atoms with E-state index >= 15 is 0 Å². The van der Waals surface area contributed by atoms with E-state index in [2.05, 4.69) is 20.9 Å². The number of nitrogens with two attached hydrogens (primary N) is 1. The zero-order chi connectivity index (χ0) is 13.1. The number of aromatic nitrogens is 2. The second-order valence-electron chi connectivity index (χ2n) is 3.86. The Labute approximate surface area is 118 Å². The summed E-state index contributed by atoms with van der Waals surface area (Å²) in [5.41, 5.74) is 6.24. The van der Waals surface area contributed by atoms with E-state index in [0.717, 1.165) is 15.9 Å². The summed E-state index contributed by atoms with van der Waals surface area (Å²) in [7, 11) is 0. The van der Waals surface area contributed by atoms with Crippen LogP contribution in [0.1, 0.15) is 11.4 Å². The van der Waals surface area contributed by atoms with Crippen LogP contribution >= 0.6 is 27.5 Å². The molecule has 0 bridgehead atoms. The van der Waals surface area contributed by atoms with Gasteiger partial charge in [0.1, 0.15) is 12.4 Å². The third kappa shape index (κ3) is 3.11. The largest absolute Gasteiger partial charge is 0.368 e. The van der Waals surface area contributed by atoms with Crippen LogP contribution in [0.15, 0.2) is 35.1 Å². The van der Waals surface area contributed by atoms with Crippen LogP contribution in [0.3, 0.4) is 0 Å². The van der Waals surface area contributed by atoms with Crippen LogP contribution in [0, 0.1) is 0 Å². The predicted octanol–water partition coefficient (Wildman–Crippen LogP) is 2.38. The van der Waals surface area contributed by atoms with Crippen molar-refractivity contribution in [3.63, 3.8) is 0 Å². The van der Waals surface area contributed by atoms with Gasteiger partial charge >= 0.3 is 0 Å². The predicted molar refractivity (Wildman–Crippen MR) is 73.4 cm³/mol. The molecule has 2 N–H and O–H groups in total. The van der Waals surface area contributed by atoms with E-state index in [1.807, 2.05) is 18.2 Å². The van der Waals surface area contributed by atoms with Crippen LogP contribution < -0.4 is 5.73 Å². The van der Waals surface area contributed by atoms with Crippen molar-refractivity contribution in [1.29, 1.82) is 0 Å². The van der Waals surface area contributed by atoms with E-state index in [9.17, 15) is 4.79 Å². The fourth-order valence-corrected chi connectivity index (χ4v) is 2.20. The fourth-order valence-electron chi connectivity index (χ4n) is 1.65. The van der Waals surface area contributed by atoms with Crippen molar-refractivity contribution in [2.75, 3.05) is 0 Å². The molecule has 2 aromatic rings. The zero-order valence-electron chi connectivity index (χ0n) is 9.44. The molecule has 0 aliphatic heterocycles. The molecule has 0 unspecified atom stereocenters. The van der Waals surface area contributed by atoms with Crippen LogP contribution in [0.2, 0.25) is 5.02 Å². The Hall–Kier alpha value is -1.33. The van der Waals surface area contributed by atoms with Gasteiger partial charge in [0.25, 0.3) is 0 Å². The molecule has 6 heteroatoms. The molecule has 0 saturated heterocycles. The standard InChI is InChI=1S/C12H11BrClN3O/c13-9-5-8(1-2-10(9)14)6-12-16-3-4-17(12)7-11(15)18/h1-5H,6-7H2,(H2,15,18). The van der Waals surface area contributed by atoms with E-state index < -0.39 is 0 Å². The van der Waals surface area contributed by atoms with Gasteiger partial charge in [-0.15, -0.1) is 0 Å². The highest BCUT2D eigenvalue weighted by atomic mass is 79.9. The number of primary amides is 1. The fraction of sp³-hybridized carbons (Fsp3) is 0.167. The number of carbonyl (C=O) groups excluding carboxylic acids is 1. The number of hydrogen-bond acceptors (Lipinski definition) is 2. The summed E-state index contributed by atoms with van der Waals surface area (Å²) in [6.07, 6.45) is 4.02. The van der Waals surface area contributed by atoms with E-state index in [1.165, 1.54) is 0 Å². The summed E-state index contributed by atoms with van der Waals surface area (Å²) in [6, 6.07) is 5.68. The quantitative estimate of drug-likeness (QED) is 0.936. The first kappa shape index (κ1) is 13.1. The monoisotopic (exact) mass is 327 g/mol. The van der Waals surface area contributed by atoms with Crippen molar-refractivity contribution < 1.29 is 4.79 Å². The lowest BCUT2D eigenvalue weighted by molar-refractivity contribution is -0.118. The average Bonchev–Trinajstić information content (AvgIpc) is 2.70. The number of amides is 1. The molecule has 1 amide bonds. The van der Waals surface area contributed by atoms with Crippen molar-refractivity contribution in [3.05, 3.63) is 51.5 Å². The number of hydrogen-bond donors (Lipinski definition) is 1. The van der Waals surface area contributed by atoms with Crippen LogP contribution in [-0.2, 0) is 17.8 Å². The van der Waals surface area contributed by atoms with Gasteiger partial charge in [0, 0.05) is 23.3 Å². The van der Waals surface area contributed by atoms with Crippen molar-refractivity contribution >= 4 is 33.4 Å². The van der Waals surface area contributed by atoms with Gasteiger partial charge < -0.3 is 10.3 Å². The number of carbonyl (C=O) groups is 1. The summed E-state index contributed by atoms with van der Waals surface area (Å²) in [5, 5.41) is 0.666. The van der Waals surface area contributed by atoms with Crippen LogP contribution in [0.4, 0.5) is 0 Å². The normalized spacial score (nSPS) is 10.6. The Balaban J connectivity index is 2.20. The highest BCUT2D eigenvalue weighted by Crippen LogP contribution is 2.24. The zero-order valence-corrected chi connectivity index (χ0v) is 11.8. The summed E-state index contributed by atoms with van der Waals surface area (Å²) < 4.78 is 2.58. The van der Waals surface area contributed by atoms with Crippen LogP contribution in [-0.4, -0.2) is 15.5 Å². The maximum atomic E-state index is 10.9. The third-order valence-corrected chi connectivity index (χ3v) is 3.69. The molecule has 0 atom stereocenters. The summed E-state index contributed by atoms with van der Waals surface area (Å²) in [5.74, 6) is 0.412. The molecular formula is C12H11BrClN3O. The van der Waals surface area contributed by atoms with Gasteiger partial charge in [-0.25, -0.2) is 4.98 Å². The molecule has 94 valence electrons. The summed E-state index contributed by atoms with van der Waals surface area (Å²) in [4.78, 5) is 15.1.